The van der Waals surface area contributed by atoms with E-state index >= 15 is 0 Å². The van der Waals surface area contributed by atoms with Gasteiger partial charge in [0.25, 0.3) is 5.91 Å². The Morgan fingerprint density at radius 2 is 2.10 bits per heavy atom. The highest BCUT2D eigenvalue weighted by Crippen LogP contribution is 2.11. The van der Waals surface area contributed by atoms with Gasteiger partial charge in [0.05, 0.1) is 12.2 Å². The fourth-order valence-corrected chi connectivity index (χ4v) is 1.91. The Labute approximate surface area is 125 Å². The average Bonchev–Trinajstić information content (AvgIpc) is 2.50. The molecule has 3 nitrogen and oxygen atoms in total. The Hall–Kier alpha value is -1.86. The van der Waals surface area contributed by atoms with Crippen LogP contribution in [0.2, 0.25) is 0 Å². The molecule has 0 aliphatic heterocycles. The molecule has 2 N–H and O–H groups in total. The second-order valence-corrected chi connectivity index (χ2v) is 4.86. The number of benzene rings is 1. The first-order chi connectivity index (χ1) is 10.1. The maximum absolute atomic E-state index is 13.7. The number of aliphatic hydroxyl groups excluding tert-OH is 1. The molecule has 0 heterocycles. The van der Waals surface area contributed by atoms with Crippen molar-refractivity contribution in [3.05, 3.63) is 35.1 Å². The number of nitrogens with one attached hydrogen (secondary N) is 1. The molecular weight excluding hydrogens is 269 g/mol. The van der Waals surface area contributed by atoms with E-state index in [2.05, 4.69) is 31.0 Å². The van der Waals surface area contributed by atoms with Crippen molar-refractivity contribution in [1.29, 1.82) is 0 Å². The second kappa shape index (κ2) is 9.15. The van der Waals surface area contributed by atoms with E-state index in [1.54, 1.807) is 0 Å². The third-order valence-corrected chi connectivity index (χ3v) is 3.39. The van der Waals surface area contributed by atoms with E-state index in [0.29, 0.717) is 24.4 Å². The highest BCUT2D eigenvalue weighted by molar-refractivity contribution is 5.94. The molecule has 0 saturated carbocycles. The van der Waals surface area contributed by atoms with Crippen molar-refractivity contribution >= 4 is 5.91 Å². The quantitative estimate of drug-likeness (QED) is 0.792. The van der Waals surface area contributed by atoms with Crippen LogP contribution in [-0.4, -0.2) is 24.2 Å². The molecule has 0 saturated heterocycles. The first kappa shape index (κ1) is 17.2. The lowest BCUT2D eigenvalue weighted by Crippen LogP contribution is -2.29. The Morgan fingerprint density at radius 1 is 1.38 bits per heavy atom. The van der Waals surface area contributed by atoms with Crippen LogP contribution in [0.4, 0.5) is 4.39 Å². The molecule has 0 unspecified atom stereocenters. The summed E-state index contributed by atoms with van der Waals surface area (Å²) in [6.07, 6.45) is 2.31. The van der Waals surface area contributed by atoms with Gasteiger partial charge in [-0.15, -0.1) is 0 Å². The number of rotatable bonds is 6. The average molecular weight is 291 g/mol. The van der Waals surface area contributed by atoms with E-state index in [0.717, 1.165) is 12.8 Å². The molecule has 4 heteroatoms. The number of carbonyl (C=O) groups is 1. The first-order valence-electron chi connectivity index (χ1n) is 7.29. The molecule has 0 radical (unpaired) electrons. The van der Waals surface area contributed by atoms with Gasteiger partial charge in [0.2, 0.25) is 0 Å². The minimum atomic E-state index is -0.551. The van der Waals surface area contributed by atoms with Crippen LogP contribution in [0.15, 0.2) is 18.2 Å². The third kappa shape index (κ3) is 5.57. The molecule has 0 spiro atoms. The normalized spacial score (nSPS) is 10.1. The SMILES string of the molecule is CCC(CC)CNC(=O)c1cc(C#CCCO)ccc1F. The van der Waals surface area contributed by atoms with Crippen LogP contribution in [0.1, 0.15) is 49.0 Å². The fraction of sp³-hybridized carbons (Fsp3) is 0.471. The molecule has 114 valence electrons. The van der Waals surface area contributed by atoms with Crippen LogP contribution < -0.4 is 5.32 Å². The Morgan fingerprint density at radius 3 is 2.71 bits per heavy atom. The van der Waals surface area contributed by atoms with E-state index in [4.69, 9.17) is 5.11 Å². The standard InChI is InChI=1S/C17H22FNO2/c1-3-13(4-2)12-19-17(21)15-11-14(7-5-6-10-20)8-9-16(15)18/h8-9,11,13,20H,3-4,6,10,12H2,1-2H3,(H,19,21). The van der Waals surface area contributed by atoms with Crippen LogP contribution in [0.5, 0.6) is 0 Å². The maximum atomic E-state index is 13.7. The zero-order valence-electron chi connectivity index (χ0n) is 12.6. The van der Waals surface area contributed by atoms with Crippen molar-refractivity contribution in [2.45, 2.75) is 33.1 Å². The summed E-state index contributed by atoms with van der Waals surface area (Å²) >= 11 is 0. The lowest BCUT2D eigenvalue weighted by molar-refractivity contribution is 0.0942. The Kier molecular flexibility index (Phi) is 7.49. The van der Waals surface area contributed by atoms with E-state index in [1.165, 1.54) is 18.2 Å². The van der Waals surface area contributed by atoms with E-state index in [9.17, 15) is 9.18 Å². The molecule has 21 heavy (non-hydrogen) atoms. The molecule has 0 fully saturated rings. The minimum Gasteiger partial charge on any atom is -0.395 e. The molecule has 1 aromatic carbocycles. The maximum Gasteiger partial charge on any atom is 0.254 e. The summed E-state index contributed by atoms with van der Waals surface area (Å²) in [4.78, 5) is 12.0. The van der Waals surface area contributed by atoms with Gasteiger partial charge in [-0.2, -0.15) is 0 Å². The first-order valence-corrected chi connectivity index (χ1v) is 7.29. The smallest absolute Gasteiger partial charge is 0.254 e. The molecule has 0 aliphatic rings. The Balaban J connectivity index is 2.79. The zero-order chi connectivity index (χ0) is 15.7. The van der Waals surface area contributed by atoms with E-state index in [-0.39, 0.29) is 12.2 Å². The molecule has 0 aliphatic carbocycles. The monoisotopic (exact) mass is 291 g/mol. The second-order valence-electron chi connectivity index (χ2n) is 4.86. The lowest BCUT2D eigenvalue weighted by atomic mass is 10.0. The van der Waals surface area contributed by atoms with Gasteiger partial charge in [-0.1, -0.05) is 38.5 Å². The summed E-state index contributed by atoms with van der Waals surface area (Å²) in [6.45, 7) is 4.67. The van der Waals surface area contributed by atoms with Gasteiger partial charge in [-0.25, -0.2) is 4.39 Å². The van der Waals surface area contributed by atoms with Crippen molar-refractivity contribution < 1.29 is 14.3 Å². The van der Waals surface area contributed by atoms with Crippen molar-refractivity contribution in [3.8, 4) is 11.8 Å². The summed E-state index contributed by atoms with van der Waals surface area (Å²) < 4.78 is 13.7. The molecule has 1 rings (SSSR count). The predicted octanol–water partition coefficient (Wildman–Crippen LogP) is 2.73. The van der Waals surface area contributed by atoms with Crippen molar-refractivity contribution in [3.63, 3.8) is 0 Å². The Bertz CT molecular complexity index is 527. The summed E-state index contributed by atoms with van der Waals surface area (Å²) in [5, 5.41) is 11.4. The molecular formula is C17H22FNO2. The number of hydrogen-bond donors (Lipinski definition) is 2. The third-order valence-electron chi connectivity index (χ3n) is 3.39. The molecule has 0 aromatic heterocycles. The van der Waals surface area contributed by atoms with Crippen molar-refractivity contribution in [2.75, 3.05) is 13.2 Å². The van der Waals surface area contributed by atoms with Crippen LogP contribution >= 0.6 is 0 Å². The lowest BCUT2D eigenvalue weighted by Gasteiger charge is -2.13. The number of halogens is 1. The molecule has 0 atom stereocenters. The summed E-state index contributed by atoms with van der Waals surface area (Å²) in [5.41, 5.74) is 0.578. The highest BCUT2D eigenvalue weighted by atomic mass is 19.1. The van der Waals surface area contributed by atoms with Crippen LogP contribution in [0.25, 0.3) is 0 Å². The summed E-state index contributed by atoms with van der Waals surface area (Å²) in [5.74, 6) is 4.99. The number of hydrogen-bond acceptors (Lipinski definition) is 2. The number of carbonyl (C=O) groups excluding carboxylic acids is 1. The zero-order valence-corrected chi connectivity index (χ0v) is 12.6. The minimum absolute atomic E-state index is 0.0109. The van der Waals surface area contributed by atoms with Crippen LogP contribution in [0, 0.1) is 23.6 Å². The van der Waals surface area contributed by atoms with Gasteiger partial charge in [0.1, 0.15) is 5.82 Å². The van der Waals surface area contributed by atoms with Crippen molar-refractivity contribution in [2.24, 2.45) is 5.92 Å². The van der Waals surface area contributed by atoms with Crippen LogP contribution in [0.3, 0.4) is 0 Å². The van der Waals surface area contributed by atoms with E-state index in [1.807, 2.05) is 0 Å². The van der Waals surface area contributed by atoms with Gasteiger partial charge in [0.15, 0.2) is 0 Å². The molecule has 0 bridgehead atoms. The van der Waals surface area contributed by atoms with Crippen LogP contribution in [-0.2, 0) is 0 Å². The largest absolute Gasteiger partial charge is 0.395 e. The topological polar surface area (TPSA) is 49.3 Å². The van der Waals surface area contributed by atoms with Gasteiger partial charge in [-0.3, -0.25) is 4.79 Å². The summed E-state index contributed by atoms with van der Waals surface area (Å²) in [7, 11) is 0. The number of amides is 1. The van der Waals surface area contributed by atoms with E-state index < -0.39 is 11.7 Å². The van der Waals surface area contributed by atoms with Gasteiger partial charge in [-0.05, 0) is 24.1 Å². The van der Waals surface area contributed by atoms with Crippen molar-refractivity contribution in [1.82, 2.24) is 5.32 Å². The summed E-state index contributed by atoms with van der Waals surface area (Å²) in [6, 6.07) is 4.22. The highest BCUT2D eigenvalue weighted by Gasteiger charge is 2.13. The fourth-order valence-electron chi connectivity index (χ4n) is 1.91. The molecule has 1 amide bonds. The predicted molar refractivity (Wildman–Crippen MR) is 81.4 cm³/mol. The van der Waals surface area contributed by atoms with Gasteiger partial charge in [0, 0.05) is 18.5 Å². The molecule has 1 aromatic rings. The van der Waals surface area contributed by atoms with Gasteiger partial charge >= 0.3 is 0 Å². The van der Waals surface area contributed by atoms with Gasteiger partial charge < -0.3 is 10.4 Å². The number of aliphatic hydroxyl groups is 1.